The van der Waals surface area contributed by atoms with Gasteiger partial charge in [0.25, 0.3) is 0 Å². The number of nitrogens with zero attached hydrogens (tertiary/aromatic N) is 2. The zero-order chi connectivity index (χ0) is 19.4. The number of benzene rings is 2. The zero-order valence-corrected chi connectivity index (χ0v) is 17.4. The fraction of sp³-hybridized carbons (Fsp3) is 0.200. The van der Waals surface area contributed by atoms with Gasteiger partial charge in [-0.15, -0.1) is 24.8 Å². The van der Waals surface area contributed by atoms with Crippen LogP contribution in [0.2, 0.25) is 0 Å². The van der Waals surface area contributed by atoms with E-state index in [2.05, 4.69) is 9.84 Å². The molecule has 0 aliphatic heterocycles. The first-order valence-corrected chi connectivity index (χ1v) is 8.47. The molecule has 2 aromatic carbocycles. The summed E-state index contributed by atoms with van der Waals surface area (Å²) in [6, 6.07) is 11.6. The summed E-state index contributed by atoms with van der Waals surface area (Å²) in [5.74, 6) is -0.769. The number of aromatic nitrogens is 2. The maximum atomic E-state index is 13.7. The lowest BCUT2D eigenvalue weighted by Gasteiger charge is -2.09. The van der Waals surface area contributed by atoms with Gasteiger partial charge in [0.15, 0.2) is 0 Å². The molecule has 29 heavy (non-hydrogen) atoms. The number of rotatable bonds is 6. The van der Waals surface area contributed by atoms with Crippen LogP contribution in [0.1, 0.15) is 11.1 Å². The van der Waals surface area contributed by atoms with Crippen LogP contribution >= 0.6 is 24.8 Å². The lowest BCUT2D eigenvalue weighted by atomic mass is 10.1. The van der Waals surface area contributed by atoms with Crippen LogP contribution in [-0.4, -0.2) is 28.9 Å². The van der Waals surface area contributed by atoms with E-state index in [1.807, 2.05) is 36.5 Å². The second kappa shape index (κ2) is 10.9. The Bertz CT molecular complexity index is 948. The average Bonchev–Trinajstić information content (AvgIpc) is 3.17. The summed E-state index contributed by atoms with van der Waals surface area (Å²) >= 11 is 0. The predicted molar refractivity (Wildman–Crippen MR) is 115 cm³/mol. The predicted octanol–water partition coefficient (Wildman–Crippen LogP) is 3.02. The topological polar surface area (TPSA) is 96.2 Å². The van der Waals surface area contributed by atoms with E-state index in [0.29, 0.717) is 6.42 Å². The smallest absolute Gasteiger partial charge is 0.322 e. The first-order valence-electron chi connectivity index (χ1n) is 8.47. The summed E-state index contributed by atoms with van der Waals surface area (Å²) in [7, 11) is 1.32. The van der Waals surface area contributed by atoms with Gasteiger partial charge in [-0.2, -0.15) is 5.10 Å². The minimum atomic E-state index is -0.693. The molecule has 6 nitrogen and oxygen atoms in total. The number of hydrogen-bond donors (Lipinski definition) is 2. The minimum absolute atomic E-state index is 0. The average molecular weight is 441 g/mol. The minimum Gasteiger partial charge on any atom is -0.468 e. The lowest BCUT2D eigenvalue weighted by Crippen LogP contribution is -2.33. The Kier molecular flexibility index (Phi) is 9.26. The van der Waals surface area contributed by atoms with Gasteiger partial charge in [0.1, 0.15) is 11.9 Å². The summed E-state index contributed by atoms with van der Waals surface area (Å²) in [6.07, 6.45) is 3.89. The molecule has 1 aromatic heterocycles. The number of ether oxygens (including phenoxy) is 1. The first-order chi connectivity index (χ1) is 13.0. The highest BCUT2D eigenvalue weighted by molar-refractivity contribution is 5.85. The van der Waals surface area contributed by atoms with E-state index >= 15 is 0 Å². The summed E-state index contributed by atoms with van der Waals surface area (Å²) < 4.78 is 20.1. The molecule has 0 amide bonds. The van der Waals surface area contributed by atoms with Gasteiger partial charge in [-0.1, -0.05) is 12.1 Å². The molecule has 0 spiro atoms. The van der Waals surface area contributed by atoms with Crippen molar-refractivity contribution in [3.05, 3.63) is 71.8 Å². The summed E-state index contributed by atoms with van der Waals surface area (Å²) in [6.45, 7) is 0.272. The van der Waals surface area contributed by atoms with Crippen molar-refractivity contribution in [2.45, 2.75) is 19.0 Å². The molecule has 1 unspecified atom stereocenters. The molecule has 0 bridgehead atoms. The Labute approximate surface area is 180 Å². The van der Waals surface area contributed by atoms with Gasteiger partial charge >= 0.3 is 5.97 Å². The number of nitrogens with two attached hydrogens (primary N) is 2. The monoisotopic (exact) mass is 440 g/mol. The molecular weight excluding hydrogens is 418 g/mol. The lowest BCUT2D eigenvalue weighted by molar-refractivity contribution is -0.142. The van der Waals surface area contributed by atoms with Gasteiger partial charge in [0, 0.05) is 18.3 Å². The van der Waals surface area contributed by atoms with Gasteiger partial charge in [-0.3, -0.25) is 4.79 Å². The SMILES string of the molecule is COC(=O)C(N)Cc1ccc(-n2cc(-c3cc(F)cc(CN)c3)cn2)cc1.Cl.Cl. The van der Waals surface area contributed by atoms with Crippen molar-refractivity contribution in [3.8, 4) is 16.8 Å². The van der Waals surface area contributed by atoms with Crippen LogP contribution in [0.5, 0.6) is 0 Å². The highest BCUT2D eigenvalue weighted by atomic mass is 35.5. The molecule has 0 saturated carbocycles. The third kappa shape index (κ3) is 6.01. The highest BCUT2D eigenvalue weighted by Gasteiger charge is 2.14. The summed E-state index contributed by atoms with van der Waals surface area (Å²) in [4.78, 5) is 11.4. The number of methoxy groups -OCH3 is 1. The number of esters is 1. The second-order valence-electron chi connectivity index (χ2n) is 6.23. The van der Waals surface area contributed by atoms with E-state index in [9.17, 15) is 9.18 Å². The van der Waals surface area contributed by atoms with Crippen LogP contribution < -0.4 is 11.5 Å². The van der Waals surface area contributed by atoms with Crippen LogP contribution in [0.4, 0.5) is 4.39 Å². The molecule has 1 heterocycles. The van der Waals surface area contributed by atoms with E-state index in [1.165, 1.54) is 19.2 Å². The molecule has 4 N–H and O–H groups in total. The Hall–Kier alpha value is -2.45. The van der Waals surface area contributed by atoms with Crippen molar-refractivity contribution < 1.29 is 13.9 Å². The Morgan fingerprint density at radius 3 is 2.45 bits per heavy atom. The van der Waals surface area contributed by atoms with Crippen molar-refractivity contribution >= 4 is 30.8 Å². The van der Waals surface area contributed by atoms with Gasteiger partial charge < -0.3 is 16.2 Å². The molecule has 1 atom stereocenters. The number of carbonyl (C=O) groups is 1. The van der Waals surface area contributed by atoms with E-state index in [4.69, 9.17) is 11.5 Å². The van der Waals surface area contributed by atoms with Crippen LogP contribution in [-0.2, 0) is 22.5 Å². The molecule has 3 aromatic rings. The van der Waals surface area contributed by atoms with Crippen LogP contribution in [0, 0.1) is 5.82 Å². The maximum absolute atomic E-state index is 13.7. The number of halogens is 3. The third-order valence-corrected chi connectivity index (χ3v) is 4.27. The molecular formula is C20H23Cl2FN4O2. The molecule has 0 aliphatic carbocycles. The van der Waals surface area contributed by atoms with E-state index in [-0.39, 0.29) is 37.2 Å². The van der Waals surface area contributed by atoms with Crippen molar-refractivity contribution in [1.82, 2.24) is 9.78 Å². The van der Waals surface area contributed by atoms with E-state index < -0.39 is 12.0 Å². The molecule has 0 saturated heterocycles. The zero-order valence-electron chi connectivity index (χ0n) is 15.7. The fourth-order valence-electron chi connectivity index (χ4n) is 2.82. The Morgan fingerprint density at radius 1 is 1.14 bits per heavy atom. The van der Waals surface area contributed by atoms with Crippen molar-refractivity contribution in [1.29, 1.82) is 0 Å². The Morgan fingerprint density at radius 2 is 1.83 bits per heavy atom. The number of hydrogen-bond acceptors (Lipinski definition) is 5. The van der Waals surface area contributed by atoms with Gasteiger partial charge in [-0.25, -0.2) is 9.07 Å². The summed E-state index contributed by atoms with van der Waals surface area (Å²) in [5.41, 5.74) is 15.4. The van der Waals surface area contributed by atoms with Gasteiger partial charge in [0.05, 0.1) is 19.0 Å². The quantitative estimate of drug-likeness (QED) is 0.574. The largest absolute Gasteiger partial charge is 0.468 e. The van der Waals surface area contributed by atoms with Gasteiger partial charge in [-0.05, 0) is 53.4 Å². The highest BCUT2D eigenvalue weighted by Crippen LogP contribution is 2.23. The molecule has 156 valence electrons. The molecule has 3 rings (SSSR count). The third-order valence-electron chi connectivity index (χ3n) is 4.27. The molecule has 0 fully saturated rings. The normalized spacial score (nSPS) is 11.2. The fourth-order valence-corrected chi connectivity index (χ4v) is 2.82. The molecule has 9 heteroatoms. The van der Waals surface area contributed by atoms with Crippen LogP contribution in [0.15, 0.2) is 54.9 Å². The van der Waals surface area contributed by atoms with Crippen molar-refractivity contribution in [2.75, 3.05) is 7.11 Å². The molecule has 0 radical (unpaired) electrons. The van der Waals surface area contributed by atoms with Crippen LogP contribution in [0.25, 0.3) is 16.8 Å². The van der Waals surface area contributed by atoms with Crippen molar-refractivity contribution in [2.24, 2.45) is 11.5 Å². The summed E-state index contributed by atoms with van der Waals surface area (Å²) in [5, 5.41) is 4.34. The first kappa shape index (κ1) is 24.6. The van der Waals surface area contributed by atoms with Crippen molar-refractivity contribution in [3.63, 3.8) is 0 Å². The Balaban J connectivity index is 0.00000210. The standard InChI is InChI=1S/C20H21FN4O2.2ClH/c1-27-20(26)19(23)8-13-2-4-18(5-3-13)25-12-16(11-24-25)15-6-14(10-22)7-17(21)9-15;;/h2-7,9,11-12,19H,8,10,22-23H2,1H3;2*1H. The maximum Gasteiger partial charge on any atom is 0.322 e. The van der Waals surface area contributed by atoms with E-state index in [0.717, 1.165) is 27.9 Å². The van der Waals surface area contributed by atoms with E-state index in [1.54, 1.807) is 10.9 Å². The second-order valence-corrected chi connectivity index (χ2v) is 6.23. The number of carbonyl (C=O) groups excluding carboxylic acids is 1. The van der Waals surface area contributed by atoms with Gasteiger partial charge in [0.2, 0.25) is 0 Å². The van der Waals surface area contributed by atoms with Crippen LogP contribution in [0.3, 0.4) is 0 Å². The molecule has 0 aliphatic rings.